The number of ether oxygens (including phenoxy) is 1. The van der Waals surface area contributed by atoms with Crippen molar-refractivity contribution in [2.45, 2.75) is 12.1 Å². The summed E-state index contributed by atoms with van der Waals surface area (Å²) < 4.78 is 41.9. The number of pyridine rings is 1. The van der Waals surface area contributed by atoms with Crippen molar-refractivity contribution >= 4 is 11.6 Å². The van der Waals surface area contributed by atoms with Crippen molar-refractivity contribution in [1.82, 2.24) is 4.98 Å². The number of hydrogen-bond donors (Lipinski definition) is 0. The van der Waals surface area contributed by atoms with Gasteiger partial charge in [-0.25, -0.2) is 0 Å². The van der Waals surface area contributed by atoms with Gasteiger partial charge in [0.2, 0.25) is 0 Å². The minimum atomic E-state index is -4.50. The van der Waals surface area contributed by atoms with E-state index in [-0.39, 0.29) is 17.2 Å². The predicted molar refractivity (Wildman–Crippen MR) is 45.3 cm³/mol. The average molecular weight is 226 g/mol. The smallest absolute Gasteiger partial charge is 0.433 e. The van der Waals surface area contributed by atoms with E-state index in [0.29, 0.717) is 0 Å². The van der Waals surface area contributed by atoms with Crippen molar-refractivity contribution in [2.24, 2.45) is 0 Å². The third kappa shape index (κ3) is 2.09. The van der Waals surface area contributed by atoms with Crippen LogP contribution in [0.2, 0.25) is 0 Å². The molecular weight excluding hydrogens is 219 g/mol. The van der Waals surface area contributed by atoms with Gasteiger partial charge in [0.05, 0.1) is 13.0 Å². The van der Waals surface area contributed by atoms with Gasteiger partial charge in [-0.3, -0.25) is 4.98 Å². The van der Waals surface area contributed by atoms with Crippen molar-refractivity contribution in [3.63, 3.8) is 0 Å². The van der Waals surface area contributed by atoms with Crippen LogP contribution in [-0.2, 0) is 12.1 Å². The maximum atomic E-state index is 12.4. The summed E-state index contributed by atoms with van der Waals surface area (Å²) in [5, 5.41) is 0. The summed E-state index contributed by atoms with van der Waals surface area (Å²) >= 11 is 5.40. The molecule has 1 heterocycles. The molecule has 0 atom stereocenters. The molecule has 0 aliphatic carbocycles. The van der Waals surface area contributed by atoms with E-state index >= 15 is 0 Å². The number of hydrogen-bond acceptors (Lipinski definition) is 2. The maximum Gasteiger partial charge on any atom is 0.433 e. The summed E-state index contributed by atoms with van der Waals surface area (Å²) in [7, 11) is 1.28. The molecule has 0 aliphatic heterocycles. The summed E-state index contributed by atoms with van der Waals surface area (Å²) in [6, 6.07) is 1.34. The molecule has 0 aliphatic rings. The number of nitrogens with zero attached hydrogens (tertiary/aromatic N) is 1. The standard InChI is InChI=1S/C8H7ClF3NO/c1-14-6-2-3-13-7(5(6)4-9)8(10,11)12/h2-3H,4H2,1H3. The zero-order valence-corrected chi connectivity index (χ0v) is 7.99. The van der Waals surface area contributed by atoms with Crippen LogP contribution in [-0.4, -0.2) is 12.1 Å². The van der Waals surface area contributed by atoms with E-state index in [1.165, 1.54) is 13.2 Å². The van der Waals surface area contributed by atoms with Crippen LogP contribution in [0.1, 0.15) is 11.3 Å². The Morgan fingerprint density at radius 3 is 2.57 bits per heavy atom. The minimum Gasteiger partial charge on any atom is -0.496 e. The van der Waals surface area contributed by atoms with Crippen LogP contribution >= 0.6 is 11.6 Å². The van der Waals surface area contributed by atoms with Gasteiger partial charge in [0, 0.05) is 11.8 Å². The van der Waals surface area contributed by atoms with Crippen molar-refractivity contribution < 1.29 is 17.9 Å². The molecule has 0 unspecified atom stereocenters. The fourth-order valence-electron chi connectivity index (χ4n) is 1.04. The molecule has 1 aromatic rings. The van der Waals surface area contributed by atoms with Gasteiger partial charge in [-0.2, -0.15) is 13.2 Å². The highest BCUT2D eigenvalue weighted by Gasteiger charge is 2.36. The highest BCUT2D eigenvalue weighted by atomic mass is 35.5. The SMILES string of the molecule is COc1ccnc(C(F)(F)F)c1CCl. The first-order chi connectivity index (χ1) is 6.50. The molecule has 0 fully saturated rings. The van der Waals surface area contributed by atoms with E-state index in [9.17, 15) is 13.2 Å². The molecule has 6 heteroatoms. The molecule has 0 bridgehead atoms. The Morgan fingerprint density at radius 2 is 2.14 bits per heavy atom. The average Bonchev–Trinajstić information content (AvgIpc) is 2.15. The molecular formula is C8H7ClF3NO. The monoisotopic (exact) mass is 225 g/mol. The second-order valence-electron chi connectivity index (χ2n) is 2.47. The minimum absolute atomic E-state index is 0.0994. The van der Waals surface area contributed by atoms with Gasteiger partial charge in [0.1, 0.15) is 5.75 Å². The Hall–Kier alpha value is -0.970. The molecule has 0 amide bonds. The van der Waals surface area contributed by atoms with E-state index in [1.54, 1.807) is 0 Å². The lowest BCUT2D eigenvalue weighted by Crippen LogP contribution is -2.12. The number of alkyl halides is 4. The van der Waals surface area contributed by atoms with Crippen molar-refractivity contribution in [3.05, 3.63) is 23.5 Å². The summed E-state index contributed by atoms with van der Waals surface area (Å²) in [5.41, 5.74) is -1.13. The number of rotatable bonds is 2. The maximum absolute atomic E-state index is 12.4. The van der Waals surface area contributed by atoms with Gasteiger partial charge in [-0.15, -0.1) is 11.6 Å². The molecule has 0 N–H and O–H groups in total. The van der Waals surface area contributed by atoms with Gasteiger partial charge in [-0.05, 0) is 6.07 Å². The first-order valence-electron chi connectivity index (χ1n) is 3.65. The topological polar surface area (TPSA) is 22.1 Å². The Bertz CT molecular complexity index is 327. The summed E-state index contributed by atoms with van der Waals surface area (Å²) in [6.45, 7) is 0. The second kappa shape index (κ2) is 4.04. The summed E-state index contributed by atoms with van der Waals surface area (Å²) in [5.74, 6) is -0.186. The molecule has 78 valence electrons. The lowest BCUT2D eigenvalue weighted by molar-refractivity contribution is -0.141. The van der Waals surface area contributed by atoms with E-state index in [2.05, 4.69) is 4.98 Å². The lowest BCUT2D eigenvalue weighted by Gasteiger charge is -2.12. The second-order valence-corrected chi connectivity index (χ2v) is 2.74. The molecule has 0 saturated carbocycles. The fourth-order valence-corrected chi connectivity index (χ4v) is 1.30. The van der Waals surface area contributed by atoms with Crippen molar-refractivity contribution in [1.29, 1.82) is 0 Å². The van der Waals surface area contributed by atoms with Crippen LogP contribution in [0.5, 0.6) is 5.75 Å². The molecule has 1 aromatic heterocycles. The molecule has 0 aromatic carbocycles. The number of aromatic nitrogens is 1. The lowest BCUT2D eigenvalue weighted by atomic mass is 10.2. The third-order valence-electron chi connectivity index (χ3n) is 1.63. The normalized spacial score (nSPS) is 11.5. The van der Waals surface area contributed by atoms with Gasteiger partial charge in [-0.1, -0.05) is 0 Å². The van der Waals surface area contributed by atoms with Crippen LogP contribution in [0.15, 0.2) is 12.3 Å². The largest absolute Gasteiger partial charge is 0.496 e. The van der Waals surface area contributed by atoms with Gasteiger partial charge < -0.3 is 4.74 Å². The van der Waals surface area contributed by atoms with Gasteiger partial charge in [0.15, 0.2) is 5.69 Å². The van der Waals surface area contributed by atoms with Crippen molar-refractivity contribution in [2.75, 3.05) is 7.11 Å². The number of methoxy groups -OCH3 is 1. The Kier molecular flexibility index (Phi) is 3.21. The van der Waals surface area contributed by atoms with Crippen LogP contribution in [0.4, 0.5) is 13.2 Å². The molecule has 0 saturated heterocycles. The van der Waals surface area contributed by atoms with Crippen LogP contribution in [0.3, 0.4) is 0 Å². The van der Waals surface area contributed by atoms with Gasteiger partial charge >= 0.3 is 6.18 Å². The number of halogens is 4. The molecule has 14 heavy (non-hydrogen) atoms. The highest BCUT2D eigenvalue weighted by molar-refractivity contribution is 6.17. The van der Waals surface area contributed by atoms with E-state index in [1.807, 2.05) is 0 Å². The van der Waals surface area contributed by atoms with Crippen LogP contribution in [0, 0.1) is 0 Å². The first kappa shape index (κ1) is 11.1. The van der Waals surface area contributed by atoms with E-state index < -0.39 is 11.9 Å². The Balaban J connectivity index is 3.29. The Labute approximate surface area is 83.7 Å². The van der Waals surface area contributed by atoms with Crippen LogP contribution in [0.25, 0.3) is 0 Å². The van der Waals surface area contributed by atoms with E-state index in [0.717, 1.165) is 6.20 Å². The molecule has 1 rings (SSSR count). The highest BCUT2D eigenvalue weighted by Crippen LogP contribution is 2.34. The third-order valence-corrected chi connectivity index (χ3v) is 1.90. The predicted octanol–water partition coefficient (Wildman–Crippen LogP) is 2.85. The molecule has 0 spiro atoms. The van der Waals surface area contributed by atoms with Gasteiger partial charge in [0.25, 0.3) is 0 Å². The fraction of sp³-hybridized carbons (Fsp3) is 0.375. The first-order valence-corrected chi connectivity index (χ1v) is 4.19. The molecule has 0 radical (unpaired) electrons. The zero-order chi connectivity index (χ0) is 10.8. The van der Waals surface area contributed by atoms with Crippen LogP contribution < -0.4 is 4.74 Å². The summed E-state index contributed by atoms with van der Waals surface area (Å²) in [6.07, 6.45) is -3.46. The van der Waals surface area contributed by atoms with Crippen molar-refractivity contribution in [3.8, 4) is 5.75 Å². The molecule has 2 nitrogen and oxygen atoms in total. The van der Waals surface area contributed by atoms with E-state index in [4.69, 9.17) is 16.3 Å². The summed E-state index contributed by atoms with van der Waals surface area (Å²) in [4.78, 5) is 3.24. The Morgan fingerprint density at radius 1 is 1.50 bits per heavy atom. The zero-order valence-electron chi connectivity index (χ0n) is 7.23. The quantitative estimate of drug-likeness (QED) is 0.722.